The summed E-state index contributed by atoms with van der Waals surface area (Å²) < 4.78 is 0. The lowest BCUT2D eigenvalue weighted by Gasteiger charge is -2.23. The summed E-state index contributed by atoms with van der Waals surface area (Å²) in [5.41, 5.74) is 17.4. The average Bonchev–Trinajstić information content (AvgIpc) is 3.21. The van der Waals surface area contributed by atoms with Gasteiger partial charge in [0.1, 0.15) is 11.7 Å². The van der Waals surface area contributed by atoms with E-state index in [1.807, 2.05) is 45.2 Å². The van der Waals surface area contributed by atoms with Crippen molar-refractivity contribution >= 4 is 35.3 Å². The number of hydrogen-bond acceptors (Lipinski definition) is 8. The average molecular weight is 449 g/mol. The molecule has 0 saturated carbocycles. The van der Waals surface area contributed by atoms with Crippen LogP contribution < -0.4 is 22.1 Å². The van der Waals surface area contributed by atoms with E-state index < -0.39 is 0 Å². The molecular formula is C23H28N8S. The minimum atomic E-state index is 0.192. The third-order valence-electron chi connectivity index (χ3n) is 4.79. The van der Waals surface area contributed by atoms with Crippen molar-refractivity contribution in [2.75, 3.05) is 7.05 Å². The van der Waals surface area contributed by atoms with Gasteiger partial charge in [0.05, 0.1) is 27.0 Å². The van der Waals surface area contributed by atoms with Crippen molar-refractivity contribution in [3.05, 3.63) is 80.5 Å². The maximum absolute atomic E-state index is 7.52. The predicted molar refractivity (Wildman–Crippen MR) is 134 cm³/mol. The van der Waals surface area contributed by atoms with Gasteiger partial charge in [-0.2, -0.15) is 0 Å². The lowest BCUT2D eigenvalue weighted by Crippen LogP contribution is -2.27. The van der Waals surface area contributed by atoms with Gasteiger partial charge >= 0.3 is 0 Å². The van der Waals surface area contributed by atoms with E-state index in [2.05, 4.69) is 25.6 Å². The molecule has 0 aliphatic carbocycles. The molecule has 8 nitrogen and oxygen atoms in total. The first-order valence-corrected chi connectivity index (χ1v) is 10.9. The minimum Gasteiger partial charge on any atom is -0.397 e. The summed E-state index contributed by atoms with van der Waals surface area (Å²) in [7, 11) is 1.71. The standard InChI is InChI=1S/C23H28N8S/c1-13(2)15(9-24)8-21(25)31-22-6-5-18-19(30-22)7-16(10-29-18)17(11-27-4)23(26)20-12-28-14(3)32-20/h5-13,24,29-30H,26H2,1-4H3,(H2,25,31). The van der Waals surface area contributed by atoms with E-state index in [0.29, 0.717) is 17.4 Å². The molecule has 2 aliphatic heterocycles. The monoisotopic (exact) mass is 448 g/mol. The molecule has 32 heavy (non-hydrogen) atoms. The highest BCUT2D eigenvalue weighted by Crippen LogP contribution is 2.28. The predicted octanol–water partition coefficient (Wildman–Crippen LogP) is 3.11. The molecule has 0 aromatic carbocycles. The number of nitrogens with one attached hydrogen (secondary N) is 3. The second-order valence-electron chi connectivity index (χ2n) is 7.50. The first-order chi connectivity index (χ1) is 15.3. The Kier molecular flexibility index (Phi) is 7.21. The third-order valence-corrected chi connectivity index (χ3v) is 5.73. The SMILES string of the molecule is CN=CC(C1=CNC2=CC=C(N=C(N)C=C(C=N)C(C)C)NC2=C1)=C(N)c1cnc(C)s1. The fraction of sp³-hybridized carbons (Fsp3) is 0.217. The fourth-order valence-corrected chi connectivity index (χ4v) is 3.83. The zero-order valence-corrected chi connectivity index (χ0v) is 19.4. The number of nitrogens with zero attached hydrogens (tertiary/aromatic N) is 3. The molecule has 2 aliphatic rings. The Bertz CT molecular complexity index is 1150. The number of dihydropyridines is 2. The summed E-state index contributed by atoms with van der Waals surface area (Å²) in [6.07, 6.45) is 14.2. The van der Waals surface area contributed by atoms with Crippen LogP contribution in [0, 0.1) is 18.3 Å². The molecule has 0 atom stereocenters. The fourth-order valence-electron chi connectivity index (χ4n) is 3.08. The van der Waals surface area contributed by atoms with Gasteiger partial charge in [-0.1, -0.05) is 13.8 Å². The summed E-state index contributed by atoms with van der Waals surface area (Å²) in [6, 6.07) is 0. The zero-order valence-electron chi connectivity index (χ0n) is 18.6. The van der Waals surface area contributed by atoms with Crippen molar-refractivity contribution in [1.82, 2.24) is 15.6 Å². The van der Waals surface area contributed by atoms with Gasteiger partial charge in [0.15, 0.2) is 0 Å². The van der Waals surface area contributed by atoms with Crippen molar-refractivity contribution in [2.24, 2.45) is 27.4 Å². The van der Waals surface area contributed by atoms with Crippen LogP contribution >= 0.6 is 11.3 Å². The van der Waals surface area contributed by atoms with Gasteiger partial charge in [-0.15, -0.1) is 11.3 Å². The van der Waals surface area contributed by atoms with Crippen LogP contribution in [0.25, 0.3) is 5.70 Å². The van der Waals surface area contributed by atoms with E-state index in [0.717, 1.165) is 38.0 Å². The molecule has 0 unspecified atom stereocenters. The number of hydrogen-bond donors (Lipinski definition) is 5. The van der Waals surface area contributed by atoms with Crippen LogP contribution in [0.3, 0.4) is 0 Å². The van der Waals surface area contributed by atoms with Crippen LogP contribution in [0.15, 0.2) is 80.6 Å². The first-order valence-electron chi connectivity index (χ1n) is 10.1. The molecule has 0 fully saturated rings. The van der Waals surface area contributed by atoms with E-state index in [9.17, 15) is 0 Å². The Morgan fingerprint density at radius 3 is 2.66 bits per heavy atom. The van der Waals surface area contributed by atoms with Crippen molar-refractivity contribution in [3.63, 3.8) is 0 Å². The van der Waals surface area contributed by atoms with Crippen LogP contribution in [0.5, 0.6) is 0 Å². The number of allylic oxidation sites excluding steroid dienone is 6. The van der Waals surface area contributed by atoms with Gasteiger partial charge in [0, 0.05) is 43.0 Å². The number of nitrogens with two attached hydrogens (primary N) is 2. The summed E-state index contributed by atoms with van der Waals surface area (Å²) in [4.78, 5) is 13.8. The molecule has 0 saturated heterocycles. The van der Waals surface area contributed by atoms with Gasteiger partial charge in [0.25, 0.3) is 0 Å². The van der Waals surface area contributed by atoms with Crippen LogP contribution in [0.2, 0.25) is 0 Å². The lowest BCUT2D eigenvalue weighted by molar-refractivity contribution is 0.806. The molecule has 3 heterocycles. The second-order valence-corrected chi connectivity index (χ2v) is 8.73. The Labute approximate surface area is 192 Å². The summed E-state index contributed by atoms with van der Waals surface area (Å²) in [5.74, 6) is 1.12. The Morgan fingerprint density at radius 1 is 1.25 bits per heavy atom. The molecule has 0 spiro atoms. The lowest BCUT2D eigenvalue weighted by atomic mass is 10.00. The molecule has 1 aromatic rings. The molecule has 166 valence electrons. The van der Waals surface area contributed by atoms with Gasteiger partial charge in [0.2, 0.25) is 0 Å². The highest BCUT2D eigenvalue weighted by atomic mass is 32.1. The molecular weight excluding hydrogens is 420 g/mol. The third kappa shape index (κ3) is 5.30. The molecule has 0 amide bonds. The molecule has 9 heteroatoms. The van der Waals surface area contributed by atoms with E-state index in [4.69, 9.17) is 16.9 Å². The second kappa shape index (κ2) is 10.1. The maximum atomic E-state index is 7.52. The number of thiazole rings is 1. The smallest absolute Gasteiger partial charge is 0.132 e. The number of fused-ring (bicyclic) bond motifs is 1. The van der Waals surface area contributed by atoms with E-state index >= 15 is 0 Å². The Hall–Kier alpha value is -3.72. The van der Waals surface area contributed by atoms with E-state index in [-0.39, 0.29) is 5.92 Å². The van der Waals surface area contributed by atoms with Crippen molar-refractivity contribution in [1.29, 1.82) is 5.41 Å². The van der Waals surface area contributed by atoms with Gasteiger partial charge in [-0.3, -0.25) is 4.99 Å². The highest BCUT2D eigenvalue weighted by molar-refractivity contribution is 7.12. The number of aromatic nitrogens is 1. The molecule has 0 bridgehead atoms. The summed E-state index contributed by atoms with van der Waals surface area (Å²) >= 11 is 1.54. The van der Waals surface area contributed by atoms with Gasteiger partial charge < -0.3 is 27.5 Å². The Morgan fingerprint density at radius 2 is 2.03 bits per heavy atom. The van der Waals surface area contributed by atoms with E-state index in [1.165, 1.54) is 17.6 Å². The van der Waals surface area contributed by atoms with Crippen LogP contribution in [0.4, 0.5) is 0 Å². The minimum absolute atomic E-state index is 0.192. The maximum Gasteiger partial charge on any atom is 0.132 e. The number of rotatable bonds is 7. The molecule has 3 rings (SSSR count). The van der Waals surface area contributed by atoms with Crippen molar-refractivity contribution in [3.8, 4) is 0 Å². The molecule has 7 N–H and O–H groups in total. The van der Waals surface area contributed by atoms with Crippen molar-refractivity contribution < 1.29 is 0 Å². The van der Waals surface area contributed by atoms with Gasteiger partial charge in [-0.25, -0.2) is 9.98 Å². The van der Waals surface area contributed by atoms with E-state index in [1.54, 1.807) is 25.5 Å². The first kappa shape index (κ1) is 23.0. The number of aliphatic imine (C=N–C) groups is 2. The van der Waals surface area contributed by atoms with Crippen LogP contribution in [-0.4, -0.2) is 30.3 Å². The zero-order chi connectivity index (χ0) is 23.3. The molecule has 0 radical (unpaired) electrons. The summed E-state index contributed by atoms with van der Waals surface area (Å²) in [5, 5.41) is 15.1. The van der Waals surface area contributed by atoms with Gasteiger partial charge in [-0.05, 0) is 42.7 Å². The van der Waals surface area contributed by atoms with Crippen molar-refractivity contribution in [2.45, 2.75) is 20.8 Å². The largest absolute Gasteiger partial charge is 0.397 e. The Balaban J connectivity index is 1.90. The number of aryl methyl sites for hydroxylation is 1. The quantitative estimate of drug-likeness (QED) is 0.322. The highest BCUT2D eigenvalue weighted by Gasteiger charge is 2.19. The molecule has 1 aromatic heterocycles. The number of amidine groups is 1. The topological polar surface area (TPSA) is 138 Å². The van der Waals surface area contributed by atoms with Crippen LogP contribution in [0.1, 0.15) is 23.7 Å². The normalized spacial score (nSPS) is 17.5. The van der Waals surface area contributed by atoms with Crippen LogP contribution in [-0.2, 0) is 0 Å². The summed E-state index contributed by atoms with van der Waals surface area (Å²) in [6.45, 7) is 5.96.